The summed E-state index contributed by atoms with van der Waals surface area (Å²) in [6, 6.07) is 5.51. The summed E-state index contributed by atoms with van der Waals surface area (Å²) < 4.78 is 6.13. The van der Waals surface area contributed by atoms with Crippen LogP contribution in [-0.2, 0) is 4.79 Å². The SMILES string of the molecule is COc1ccc(Br)cc1NC(=O)C[C@@H](CN)CC(C)C. The molecule has 1 amide bonds. The molecule has 0 heterocycles. The summed E-state index contributed by atoms with van der Waals surface area (Å²) >= 11 is 3.39. The van der Waals surface area contributed by atoms with Gasteiger partial charge < -0.3 is 15.8 Å². The first kappa shape index (κ1) is 17.0. The number of carbonyl (C=O) groups excluding carboxylic acids is 1. The zero-order valence-electron chi connectivity index (χ0n) is 12.3. The van der Waals surface area contributed by atoms with Gasteiger partial charge in [0.05, 0.1) is 12.8 Å². The molecular formula is C15H23BrN2O2. The van der Waals surface area contributed by atoms with Crippen LogP contribution in [0.2, 0.25) is 0 Å². The Balaban J connectivity index is 2.68. The molecule has 0 saturated carbocycles. The first-order valence-corrected chi connectivity index (χ1v) is 7.59. The van der Waals surface area contributed by atoms with Crippen LogP contribution in [-0.4, -0.2) is 19.6 Å². The lowest BCUT2D eigenvalue weighted by molar-refractivity contribution is -0.117. The molecule has 1 atom stereocenters. The van der Waals surface area contributed by atoms with E-state index in [4.69, 9.17) is 10.5 Å². The van der Waals surface area contributed by atoms with Crippen molar-refractivity contribution in [3.63, 3.8) is 0 Å². The molecule has 3 N–H and O–H groups in total. The summed E-state index contributed by atoms with van der Waals surface area (Å²) in [5.74, 6) is 1.37. The van der Waals surface area contributed by atoms with Crippen molar-refractivity contribution in [1.82, 2.24) is 0 Å². The van der Waals surface area contributed by atoms with Gasteiger partial charge in [-0.05, 0) is 43.0 Å². The van der Waals surface area contributed by atoms with Gasteiger partial charge in [0.2, 0.25) is 5.91 Å². The molecule has 1 aromatic rings. The van der Waals surface area contributed by atoms with Crippen molar-refractivity contribution in [3.05, 3.63) is 22.7 Å². The molecule has 4 nitrogen and oxygen atoms in total. The topological polar surface area (TPSA) is 64.3 Å². The Morgan fingerprint density at radius 2 is 2.15 bits per heavy atom. The Bertz CT molecular complexity index is 449. The number of hydrogen-bond acceptors (Lipinski definition) is 3. The van der Waals surface area contributed by atoms with E-state index < -0.39 is 0 Å². The van der Waals surface area contributed by atoms with Gasteiger partial charge in [0, 0.05) is 10.9 Å². The van der Waals surface area contributed by atoms with Crippen molar-refractivity contribution < 1.29 is 9.53 Å². The third kappa shape index (κ3) is 5.51. The van der Waals surface area contributed by atoms with Crippen LogP contribution in [0, 0.1) is 11.8 Å². The summed E-state index contributed by atoms with van der Waals surface area (Å²) in [6.45, 7) is 4.80. The van der Waals surface area contributed by atoms with Crippen LogP contribution in [0.15, 0.2) is 22.7 Å². The Hall–Kier alpha value is -1.07. The summed E-state index contributed by atoms with van der Waals surface area (Å²) in [4.78, 5) is 12.1. The maximum atomic E-state index is 12.1. The molecule has 0 unspecified atom stereocenters. The van der Waals surface area contributed by atoms with E-state index in [1.807, 2.05) is 18.2 Å². The second kappa shape index (κ2) is 8.27. The number of rotatable bonds is 7. The van der Waals surface area contributed by atoms with Crippen LogP contribution in [0.4, 0.5) is 5.69 Å². The first-order chi connectivity index (χ1) is 9.46. The third-order valence-corrected chi connectivity index (χ3v) is 3.54. The highest BCUT2D eigenvalue weighted by Gasteiger charge is 2.15. The minimum Gasteiger partial charge on any atom is -0.495 e. The summed E-state index contributed by atoms with van der Waals surface area (Å²) in [7, 11) is 1.58. The monoisotopic (exact) mass is 342 g/mol. The van der Waals surface area contributed by atoms with E-state index in [0.29, 0.717) is 30.3 Å². The molecule has 0 aliphatic carbocycles. The van der Waals surface area contributed by atoms with E-state index in [-0.39, 0.29) is 11.8 Å². The van der Waals surface area contributed by atoms with Crippen LogP contribution >= 0.6 is 15.9 Å². The van der Waals surface area contributed by atoms with E-state index in [2.05, 4.69) is 35.1 Å². The van der Waals surface area contributed by atoms with Crippen LogP contribution in [0.1, 0.15) is 26.7 Å². The van der Waals surface area contributed by atoms with Gasteiger partial charge in [-0.25, -0.2) is 0 Å². The highest BCUT2D eigenvalue weighted by atomic mass is 79.9. The van der Waals surface area contributed by atoms with Crippen molar-refractivity contribution in [2.24, 2.45) is 17.6 Å². The number of nitrogens with one attached hydrogen (secondary N) is 1. The maximum Gasteiger partial charge on any atom is 0.224 e. The Kier molecular flexibility index (Phi) is 7.02. The van der Waals surface area contributed by atoms with Gasteiger partial charge in [0.1, 0.15) is 5.75 Å². The number of halogens is 1. The number of nitrogens with two attached hydrogens (primary N) is 1. The van der Waals surface area contributed by atoms with Gasteiger partial charge in [0.25, 0.3) is 0 Å². The van der Waals surface area contributed by atoms with E-state index in [0.717, 1.165) is 10.9 Å². The summed E-state index contributed by atoms with van der Waals surface area (Å²) in [6.07, 6.45) is 1.39. The number of benzene rings is 1. The Morgan fingerprint density at radius 1 is 1.45 bits per heavy atom. The maximum absolute atomic E-state index is 12.1. The Labute approximate surface area is 129 Å². The fourth-order valence-corrected chi connectivity index (χ4v) is 2.53. The van der Waals surface area contributed by atoms with Crippen LogP contribution in [0.5, 0.6) is 5.75 Å². The summed E-state index contributed by atoms with van der Waals surface area (Å²) in [5.41, 5.74) is 6.40. The zero-order valence-corrected chi connectivity index (χ0v) is 13.9. The predicted octanol–water partition coefficient (Wildman–Crippen LogP) is 3.41. The van der Waals surface area contributed by atoms with Gasteiger partial charge >= 0.3 is 0 Å². The molecule has 20 heavy (non-hydrogen) atoms. The molecule has 112 valence electrons. The molecule has 0 radical (unpaired) electrons. The largest absolute Gasteiger partial charge is 0.495 e. The lowest BCUT2D eigenvalue weighted by Crippen LogP contribution is -2.23. The fourth-order valence-electron chi connectivity index (χ4n) is 2.17. The predicted molar refractivity (Wildman–Crippen MR) is 85.9 cm³/mol. The third-order valence-electron chi connectivity index (χ3n) is 3.05. The summed E-state index contributed by atoms with van der Waals surface area (Å²) in [5, 5.41) is 2.89. The van der Waals surface area contributed by atoms with Crippen molar-refractivity contribution >= 4 is 27.5 Å². The number of ether oxygens (including phenoxy) is 1. The number of carbonyl (C=O) groups is 1. The lowest BCUT2D eigenvalue weighted by Gasteiger charge is -2.17. The van der Waals surface area contributed by atoms with Gasteiger partial charge in [-0.1, -0.05) is 29.8 Å². The average Bonchev–Trinajstić information content (AvgIpc) is 2.37. The molecular weight excluding hydrogens is 320 g/mol. The van der Waals surface area contributed by atoms with Gasteiger partial charge in [-0.3, -0.25) is 4.79 Å². The highest BCUT2D eigenvalue weighted by molar-refractivity contribution is 9.10. The standard InChI is InChI=1S/C15H23BrN2O2/c1-10(2)6-11(9-17)7-15(19)18-13-8-12(16)4-5-14(13)20-3/h4-5,8,10-11H,6-7,9,17H2,1-3H3,(H,18,19)/t11-/m0/s1. The molecule has 0 aliphatic heterocycles. The van der Waals surface area contributed by atoms with Crippen LogP contribution in [0.25, 0.3) is 0 Å². The normalized spacial score (nSPS) is 12.3. The van der Waals surface area contributed by atoms with Crippen molar-refractivity contribution in [2.45, 2.75) is 26.7 Å². The van der Waals surface area contributed by atoms with Crippen LogP contribution < -0.4 is 15.8 Å². The van der Waals surface area contributed by atoms with Gasteiger partial charge in [0.15, 0.2) is 0 Å². The van der Waals surface area contributed by atoms with E-state index in [1.165, 1.54) is 0 Å². The van der Waals surface area contributed by atoms with E-state index in [9.17, 15) is 4.79 Å². The molecule has 0 saturated heterocycles. The minimum absolute atomic E-state index is 0.0301. The van der Waals surface area contributed by atoms with Gasteiger partial charge in [-0.2, -0.15) is 0 Å². The molecule has 1 rings (SSSR count). The second-order valence-electron chi connectivity index (χ2n) is 5.33. The highest BCUT2D eigenvalue weighted by Crippen LogP contribution is 2.28. The number of amides is 1. The second-order valence-corrected chi connectivity index (χ2v) is 6.24. The minimum atomic E-state index is -0.0301. The lowest BCUT2D eigenvalue weighted by atomic mass is 9.94. The molecule has 5 heteroatoms. The molecule has 0 spiro atoms. The molecule has 0 aromatic heterocycles. The van der Waals surface area contributed by atoms with Crippen molar-refractivity contribution in [1.29, 1.82) is 0 Å². The average molecular weight is 343 g/mol. The molecule has 0 fully saturated rings. The molecule has 0 bridgehead atoms. The number of anilines is 1. The molecule has 0 aliphatic rings. The van der Waals surface area contributed by atoms with Gasteiger partial charge in [-0.15, -0.1) is 0 Å². The van der Waals surface area contributed by atoms with E-state index >= 15 is 0 Å². The van der Waals surface area contributed by atoms with Crippen molar-refractivity contribution in [3.8, 4) is 5.75 Å². The zero-order chi connectivity index (χ0) is 15.1. The van der Waals surface area contributed by atoms with Crippen LogP contribution in [0.3, 0.4) is 0 Å². The number of hydrogen-bond donors (Lipinski definition) is 2. The van der Waals surface area contributed by atoms with Crippen molar-refractivity contribution in [2.75, 3.05) is 19.0 Å². The number of methoxy groups -OCH3 is 1. The Morgan fingerprint density at radius 3 is 2.70 bits per heavy atom. The fraction of sp³-hybridized carbons (Fsp3) is 0.533. The quantitative estimate of drug-likeness (QED) is 0.797. The molecule has 1 aromatic carbocycles. The smallest absolute Gasteiger partial charge is 0.224 e. The first-order valence-electron chi connectivity index (χ1n) is 6.79. The van der Waals surface area contributed by atoms with E-state index in [1.54, 1.807) is 7.11 Å².